The number of aromatic carboxylic acids is 1. The van der Waals surface area contributed by atoms with Gasteiger partial charge in [-0.2, -0.15) is 5.10 Å². The van der Waals surface area contributed by atoms with Crippen molar-refractivity contribution < 1.29 is 23.8 Å². The Balaban J connectivity index is 2.08. The number of fused-ring (bicyclic) bond motifs is 1. The number of nitrogens with one attached hydrogen (secondary N) is 1. The predicted octanol–water partition coefficient (Wildman–Crippen LogP) is 3.78. The average Bonchev–Trinajstić information content (AvgIpc) is 3.03. The summed E-state index contributed by atoms with van der Waals surface area (Å²) in [5, 5.41) is 16.8. The van der Waals surface area contributed by atoms with Crippen molar-refractivity contribution in [1.29, 1.82) is 0 Å². The van der Waals surface area contributed by atoms with Crippen LogP contribution in [0.5, 0.6) is 5.75 Å². The van der Waals surface area contributed by atoms with Crippen LogP contribution in [-0.2, 0) is 0 Å². The van der Waals surface area contributed by atoms with E-state index >= 15 is 0 Å². The Bertz CT molecular complexity index is 1050. The molecule has 0 bridgehead atoms. The summed E-state index contributed by atoms with van der Waals surface area (Å²) in [7, 11) is 1.39. The van der Waals surface area contributed by atoms with Crippen LogP contribution >= 0.6 is 0 Å². The Hall–Kier alpha value is -3.48. The lowest BCUT2D eigenvalue weighted by Crippen LogP contribution is -2.00. The third-order valence-corrected chi connectivity index (χ3v) is 3.95. The van der Waals surface area contributed by atoms with Gasteiger partial charge in [0.25, 0.3) is 0 Å². The van der Waals surface area contributed by atoms with Crippen LogP contribution in [0.25, 0.3) is 23.1 Å². The summed E-state index contributed by atoms with van der Waals surface area (Å²) in [4.78, 5) is 22.8. The van der Waals surface area contributed by atoms with Crippen LogP contribution < -0.4 is 4.74 Å². The van der Waals surface area contributed by atoms with Crippen molar-refractivity contribution in [3.05, 3.63) is 58.5 Å². The Morgan fingerprint density at radius 1 is 1.19 bits per heavy atom. The first-order valence-electron chi connectivity index (χ1n) is 7.69. The number of halogens is 1. The standard InChI is InChI=1S/C19H15FN2O4/c1-10(23)13-9-11(3-6-14(13)20)4-7-15-17-16(22-21-15)8-5-12(19(24)25)18(17)26-2/h3-9H,1-2H3,(H,21,22)(H,24,25). The molecule has 1 aromatic heterocycles. The van der Waals surface area contributed by atoms with Crippen molar-refractivity contribution in [3.63, 3.8) is 0 Å². The molecule has 26 heavy (non-hydrogen) atoms. The van der Waals surface area contributed by atoms with Gasteiger partial charge in [0.1, 0.15) is 17.1 Å². The molecule has 1 heterocycles. The van der Waals surface area contributed by atoms with E-state index in [9.17, 15) is 19.1 Å². The van der Waals surface area contributed by atoms with Gasteiger partial charge in [0.2, 0.25) is 0 Å². The Kier molecular flexibility index (Phi) is 4.53. The van der Waals surface area contributed by atoms with Crippen molar-refractivity contribution in [2.24, 2.45) is 0 Å². The van der Waals surface area contributed by atoms with Crippen LogP contribution in [0.1, 0.15) is 38.9 Å². The minimum absolute atomic E-state index is 0.00443. The maximum Gasteiger partial charge on any atom is 0.339 e. The number of H-pyrrole nitrogens is 1. The van der Waals surface area contributed by atoms with Gasteiger partial charge in [0, 0.05) is 0 Å². The first-order valence-corrected chi connectivity index (χ1v) is 7.69. The Morgan fingerprint density at radius 3 is 2.62 bits per heavy atom. The number of aromatic nitrogens is 2. The molecule has 0 unspecified atom stereocenters. The number of nitrogens with zero attached hydrogens (tertiary/aromatic N) is 1. The molecule has 3 aromatic rings. The first-order chi connectivity index (χ1) is 12.4. The summed E-state index contributed by atoms with van der Waals surface area (Å²) in [6.07, 6.45) is 3.30. The van der Waals surface area contributed by atoms with Gasteiger partial charge in [0.05, 0.1) is 29.3 Å². The number of benzene rings is 2. The Morgan fingerprint density at radius 2 is 1.96 bits per heavy atom. The highest BCUT2D eigenvalue weighted by molar-refractivity contribution is 6.03. The fraction of sp³-hybridized carbons (Fsp3) is 0.105. The van der Waals surface area contributed by atoms with Crippen LogP contribution in [0.4, 0.5) is 4.39 Å². The third kappa shape index (κ3) is 3.06. The van der Waals surface area contributed by atoms with Gasteiger partial charge in [-0.3, -0.25) is 9.89 Å². The molecule has 6 nitrogen and oxygen atoms in total. The second kappa shape index (κ2) is 6.79. The number of ketones is 1. The average molecular weight is 354 g/mol. The largest absolute Gasteiger partial charge is 0.495 e. The van der Waals surface area contributed by atoms with Gasteiger partial charge in [-0.1, -0.05) is 12.1 Å². The molecule has 2 N–H and O–H groups in total. The molecule has 2 aromatic carbocycles. The minimum atomic E-state index is -1.11. The number of methoxy groups -OCH3 is 1. The number of carbonyl (C=O) groups is 2. The number of Topliss-reactive ketones (excluding diaryl/α,β-unsaturated/α-hetero) is 1. The first kappa shape index (κ1) is 17.3. The van der Waals surface area contributed by atoms with Crippen LogP contribution in [0.15, 0.2) is 30.3 Å². The van der Waals surface area contributed by atoms with E-state index in [0.717, 1.165) is 0 Å². The highest BCUT2D eigenvalue weighted by atomic mass is 19.1. The molecule has 0 atom stereocenters. The summed E-state index contributed by atoms with van der Waals surface area (Å²) in [5.74, 6) is -1.85. The summed E-state index contributed by atoms with van der Waals surface area (Å²) in [6, 6.07) is 7.25. The van der Waals surface area contributed by atoms with E-state index in [1.807, 2.05) is 0 Å². The maximum atomic E-state index is 13.6. The highest BCUT2D eigenvalue weighted by Crippen LogP contribution is 2.32. The van der Waals surface area contributed by atoms with Crippen molar-refractivity contribution in [2.75, 3.05) is 7.11 Å². The second-order valence-electron chi connectivity index (χ2n) is 5.61. The van der Waals surface area contributed by atoms with Crippen LogP contribution in [0, 0.1) is 5.82 Å². The summed E-state index contributed by atoms with van der Waals surface area (Å²) in [6.45, 7) is 1.30. The number of rotatable bonds is 5. The molecule has 0 amide bonds. The summed E-state index contributed by atoms with van der Waals surface area (Å²) in [5.41, 5.74) is 1.73. The molecule has 0 aliphatic heterocycles. The van der Waals surface area contributed by atoms with E-state index in [1.165, 1.54) is 38.3 Å². The number of carbonyl (C=O) groups excluding carboxylic acids is 1. The summed E-state index contributed by atoms with van der Waals surface area (Å²) >= 11 is 0. The smallest absolute Gasteiger partial charge is 0.339 e. The topological polar surface area (TPSA) is 92.3 Å². The molecule has 0 radical (unpaired) electrons. The van der Waals surface area contributed by atoms with Gasteiger partial charge in [-0.15, -0.1) is 0 Å². The second-order valence-corrected chi connectivity index (χ2v) is 5.61. The lowest BCUT2D eigenvalue weighted by atomic mass is 10.1. The zero-order valence-electron chi connectivity index (χ0n) is 14.0. The molecular weight excluding hydrogens is 339 g/mol. The van der Waals surface area contributed by atoms with Crippen molar-refractivity contribution in [3.8, 4) is 5.75 Å². The quantitative estimate of drug-likeness (QED) is 0.680. The molecule has 0 saturated carbocycles. The van der Waals surface area contributed by atoms with Crippen LogP contribution in [-0.4, -0.2) is 34.2 Å². The summed E-state index contributed by atoms with van der Waals surface area (Å²) < 4.78 is 18.9. The van der Waals surface area contributed by atoms with Crippen molar-refractivity contribution in [2.45, 2.75) is 6.92 Å². The molecule has 0 spiro atoms. The van der Waals surface area contributed by atoms with Gasteiger partial charge < -0.3 is 9.84 Å². The Labute approximate surface area is 147 Å². The monoisotopic (exact) mass is 354 g/mol. The van der Waals surface area contributed by atoms with E-state index in [1.54, 1.807) is 18.2 Å². The number of hydrogen-bond donors (Lipinski definition) is 2. The van der Waals surface area contributed by atoms with Gasteiger partial charge in [-0.25, -0.2) is 9.18 Å². The molecule has 0 saturated heterocycles. The van der Waals surface area contributed by atoms with Crippen LogP contribution in [0.2, 0.25) is 0 Å². The van der Waals surface area contributed by atoms with E-state index < -0.39 is 11.8 Å². The molecule has 0 aliphatic rings. The number of carboxylic acids is 1. The third-order valence-electron chi connectivity index (χ3n) is 3.95. The van der Waals surface area contributed by atoms with Crippen molar-refractivity contribution >= 4 is 34.8 Å². The fourth-order valence-electron chi connectivity index (χ4n) is 2.70. The normalized spacial score (nSPS) is 11.2. The molecular formula is C19H15FN2O4. The van der Waals surface area contributed by atoms with Gasteiger partial charge in [0.15, 0.2) is 5.78 Å². The molecule has 132 valence electrons. The van der Waals surface area contributed by atoms with Crippen molar-refractivity contribution in [1.82, 2.24) is 10.2 Å². The number of aromatic amines is 1. The van der Waals surface area contributed by atoms with Gasteiger partial charge in [-0.05, 0) is 42.8 Å². The number of ether oxygens (including phenoxy) is 1. The number of hydrogen-bond acceptors (Lipinski definition) is 4. The zero-order valence-corrected chi connectivity index (χ0v) is 14.0. The number of carboxylic acid groups (broad SMARTS) is 1. The molecule has 0 fully saturated rings. The zero-order chi connectivity index (χ0) is 18.8. The molecule has 3 rings (SSSR count). The molecule has 7 heteroatoms. The highest BCUT2D eigenvalue weighted by Gasteiger charge is 2.18. The van der Waals surface area contributed by atoms with E-state index in [-0.39, 0.29) is 22.7 Å². The van der Waals surface area contributed by atoms with E-state index in [0.29, 0.717) is 22.2 Å². The van der Waals surface area contributed by atoms with Crippen LogP contribution in [0.3, 0.4) is 0 Å². The predicted molar refractivity (Wildman–Crippen MR) is 94.9 cm³/mol. The minimum Gasteiger partial charge on any atom is -0.495 e. The van der Waals surface area contributed by atoms with E-state index in [4.69, 9.17) is 4.74 Å². The lowest BCUT2D eigenvalue weighted by Gasteiger charge is -2.06. The lowest BCUT2D eigenvalue weighted by molar-refractivity contribution is 0.0693. The maximum absolute atomic E-state index is 13.6. The van der Waals surface area contributed by atoms with E-state index in [2.05, 4.69) is 10.2 Å². The fourth-order valence-corrected chi connectivity index (χ4v) is 2.70. The van der Waals surface area contributed by atoms with Gasteiger partial charge >= 0.3 is 5.97 Å². The molecule has 0 aliphatic carbocycles. The SMILES string of the molecule is COc1c(C(=O)O)ccc2[nH]nc(C=Cc3ccc(F)c(C(C)=O)c3)c12.